The lowest BCUT2D eigenvalue weighted by atomic mass is 10.2. The number of imidazole rings is 1. The van der Waals surface area contributed by atoms with E-state index in [4.69, 9.17) is 0 Å². The topological polar surface area (TPSA) is 86.7 Å². The van der Waals surface area contributed by atoms with Crippen LogP contribution >= 0.6 is 11.8 Å². The van der Waals surface area contributed by atoms with Crippen molar-refractivity contribution in [2.75, 3.05) is 0 Å². The van der Waals surface area contributed by atoms with E-state index < -0.39 is 0 Å². The van der Waals surface area contributed by atoms with E-state index in [1.165, 1.54) is 6.07 Å². The molecule has 126 valence electrons. The van der Waals surface area contributed by atoms with Gasteiger partial charge in [0, 0.05) is 41.2 Å². The largest absolute Gasteiger partial charge is 0.506 e. The van der Waals surface area contributed by atoms with Gasteiger partial charge >= 0.3 is 0 Å². The standard InChI is InChI=1S/C18H16N4O2S/c1-11-16(19-6-4-17(11)24)10-25-18-20-14-3-2-12(8-15(14)21-18)22-7-5-13(23)9-22/h2-9,23H,10H2,1H3,(H,19,24)(H,20,21). The van der Waals surface area contributed by atoms with Gasteiger partial charge in [0.1, 0.15) is 5.75 Å². The number of aromatic nitrogens is 4. The number of thioether (sulfide) groups is 1. The Labute approximate surface area is 147 Å². The van der Waals surface area contributed by atoms with Gasteiger partial charge in [-0.3, -0.25) is 4.79 Å². The van der Waals surface area contributed by atoms with Crippen molar-refractivity contribution in [3.63, 3.8) is 0 Å². The summed E-state index contributed by atoms with van der Waals surface area (Å²) in [7, 11) is 0. The van der Waals surface area contributed by atoms with Crippen molar-refractivity contribution in [1.82, 2.24) is 19.5 Å². The Morgan fingerprint density at radius 1 is 1.28 bits per heavy atom. The molecule has 0 aliphatic carbocycles. The van der Waals surface area contributed by atoms with Crippen molar-refractivity contribution >= 4 is 22.8 Å². The summed E-state index contributed by atoms with van der Waals surface area (Å²) in [6, 6.07) is 9.06. The average Bonchev–Trinajstić information content (AvgIpc) is 3.21. The van der Waals surface area contributed by atoms with Crippen molar-refractivity contribution < 1.29 is 5.11 Å². The van der Waals surface area contributed by atoms with Crippen LogP contribution in [0.15, 0.2) is 58.9 Å². The second-order valence-corrected chi connectivity index (χ2v) is 6.72. The quantitative estimate of drug-likeness (QED) is 0.492. The van der Waals surface area contributed by atoms with E-state index in [0.29, 0.717) is 5.75 Å². The molecule has 0 aliphatic rings. The molecule has 0 aliphatic heterocycles. The van der Waals surface area contributed by atoms with Crippen LogP contribution < -0.4 is 5.43 Å². The van der Waals surface area contributed by atoms with Crippen molar-refractivity contribution in [2.45, 2.75) is 17.8 Å². The van der Waals surface area contributed by atoms with E-state index in [2.05, 4.69) is 15.0 Å². The maximum absolute atomic E-state index is 11.7. The van der Waals surface area contributed by atoms with Crippen molar-refractivity contribution in [1.29, 1.82) is 0 Å². The van der Waals surface area contributed by atoms with Crippen LogP contribution in [-0.2, 0) is 5.75 Å². The molecule has 0 amide bonds. The third-order valence-corrected chi connectivity index (χ3v) is 4.99. The molecule has 0 unspecified atom stereocenters. The van der Waals surface area contributed by atoms with E-state index >= 15 is 0 Å². The van der Waals surface area contributed by atoms with Gasteiger partial charge in [-0.15, -0.1) is 0 Å². The van der Waals surface area contributed by atoms with Gasteiger partial charge in [-0.1, -0.05) is 11.8 Å². The summed E-state index contributed by atoms with van der Waals surface area (Å²) in [5.41, 5.74) is 4.42. The number of fused-ring (bicyclic) bond motifs is 1. The normalized spacial score (nSPS) is 11.2. The van der Waals surface area contributed by atoms with Crippen LogP contribution in [0, 0.1) is 6.92 Å². The predicted molar refractivity (Wildman–Crippen MR) is 98.4 cm³/mol. The van der Waals surface area contributed by atoms with Gasteiger partial charge in [0.05, 0.1) is 17.2 Å². The molecule has 25 heavy (non-hydrogen) atoms. The molecule has 4 aromatic rings. The van der Waals surface area contributed by atoms with Crippen LogP contribution in [-0.4, -0.2) is 24.6 Å². The number of rotatable bonds is 4. The summed E-state index contributed by atoms with van der Waals surface area (Å²) >= 11 is 1.54. The van der Waals surface area contributed by atoms with Crippen molar-refractivity contribution in [3.05, 3.63) is 70.4 Å². The molecule has 0 radical (unpaired) electrons. The zero-order chi connectivity index (χ0) is 17.4. The van der Waals surface area contributed by atoms with Gasteiger partial charge in [0.25, 0.3) is 0 Å². The third-order valence-electron chi connectivity index (χ3n) is 4.09. The fraction of sp³-hybridized carbons (Fsp3) is 0.111. The molecule has 3 N–H and O–H groups in total. The number of hydrogen-bond acceptors (Lipinski definition) is 4. The number of aromatic amines is 2. The molecule has 0 spiro atoms. The number of hydrogen-bond donors (Lipinski definition) is 3. The number of nitrogens with zero attached hydrogens (tertiary/aromatic N) is 2. The lowest BCUT2D eigenvalue weighted by Gasteiger charge is -2.02. The van der Waals surface area contributed by atoms with Crippen LogP contribution in [0.1, 0.15) is 11.3 Å². The van der Waals surface area contributed by atoms with Gasteiger partial charge in [-0.2, -0.15) is 0 Å². The molecule has 0 fully saturated rings. The molecule has 0 saturated heterocycles. The second kappa shape index (κ2) is 6.18. The minimum atomic E-state index is 0.0403. The minimum absolute atomic E-state index is 0.0403. The van der Waals surface area contributed by atoms with E-state index in [9.17, 15) is 9.90 Å². The van der Waals surface area contributed by atoms with Gasteiger partial charge in [-0.25, -0.2) is 4.98 Å². The first-order valence-electron chi connectivity index (χ1n) is 7.77. The second-order valence-electron chi connectivity index (χ2n) is 5.75. The number of H-pyrrole nitrogens is 2. The third kappa shape index (κ3) is 3.06. The number of benzene rings is 1. The summed E-state index contributed by atoms with van der Waals surface area (Å²) in [6.45, 7) is 1.83. The molecule has 1 aromatic carbocycles. The molecule has 0 atom stereocenters. The summed E-state index contributed by atoms with van der Waals surface area (Å²) < 4.78 is 1.85. The smallest absolute Gasteiger partial charge is 0.184 e. The maximum atomic E-state index is 11.7. The Kier molecular flexibility index (Phi) is 3.85. The van der Waals surface area contributed by atoms with E-state index in [1.807, 2.05) is 29.7 Å². The van der Waals surface area contributed by atoms with E-state index in [0.717, 1.165) is 33.1 Å². The molecule has 3 aromatic heterocycles. The zero-order valence-corrected chi connectivity index (χ0v) is 14.3. The predicted octanol–water partition coefficient (Wildman–Crippen LogP) is 3.35. The fourth-order valence-electron chi connectivity index (χ4n) is 2.64. The first kappa shape index (κ1) is 15.6. The molecule has 6 nitrogen and oxygen atoms in total. The molecule has 7 heteroatoms. The molecule has 0 saturated carbocycles. The van der Waals surface area contributed by atoms with Gasteiger partial charge < -0.3 is 19.6 Å². The van der Waals surface area contributed by atoms with E-state index in [1.54, 1.807) is 36.4 Å². The van der Waals surface area contributed by atoms with Gasteiger partial charge in [0.2, 0.25) is 0 Å². The zero-order valence-electron chi connectivity index (χ0n) is 13.5. The Hall–Kier alpha value is -2.93. The lowest BCUT2D eigenvalue weighted by molar-refractivity contribution is 0.475. The van der Waals surface area contributed by atoms with Crippen LogP contribution in [0.5, 0.6) is 5.75 Å². The van der Waals surface area contributed by atoms with E-state index in [-0.39, 0.29) is 11.2 Å². The highest BCUT2D eigenvalue weighted by molar-refractivity contribution is 7.98. The monoisotopic (exact) mass is 352 g/mol. The Morgan fingerprint density at radius 3 is 2.96 bits per heavy atom. The molecule has 4 rings (SSSR count). The van der Waals surface area contributed by atoms with Crippen LogP contribution in [0.2, 0.25) is 0 Å². The highest BCUT2D eigenvalue weighted by Crippen LogP contribution is 2.25. The number of pyridine rings is 1. The lowest BCUT2D eigenvalue weighted by Crippen LogP contribution is -2.07. The fourth-order valence-corrected chi connectivity index (χ4v) is 3.57. The molecular weight excluding hydrogens is 336 g/mol. The number of nitrogens with one attached hydrogen (secondary N) is 2. The van der Waals surface area contributed by atoms with Crippen LogP contribution in [0.4, 0.5) is 0 Å². The Morgan fingerprint density at radius 2 is 2.16 bits per heavy atom. The number of aromatic hydroxyl groups is 1. The molecule has 3 heterocycles. The van der Waals surface area contributed by atoms with Crippen LogP contribution in [0.3, 0.4) is 0 Å². The summed E-state index contributed by atoms with van der Waals surface area (Å²) in [5.74, 6) is 0.869. The Balaban J connectivity index is 1.59. The highest BCUT2D eigenvalue weighted by Gasteiger charge is 2.08. The van der Waals surface area contributed by atoms with Gasteiger partial charge in [0.15, 0.2) is 10.6 Å². The molecular formula is C18H16N4O2S. The first-order chi connectivity index (χ1) is 12.1. The Bertz CT molecular complexity index is 1110. The van der Waals surface area contributed by atoms with Crippen molar-refractivity contribution in [2.24, 2.45) is 0 Å². The minimum Gasteiger partial charge on any atom is -0.506 e. The molecule has 0 bridgehead atoms. The maximum Gasteiger partial charge on any atom is 0.184 e. The summed E-state index contributed by atoms with van der Waals surface area (Å²) in [5, 5.41) is 10.3. The summed E-state index contributed by atoms with van der Waals surface area (Å²) in [6.07, 6.45) is 5.13. The average molecular weight is 352 g/mol. The first-order valence-corrected chi connectivity index (χ1v) is 8.76. The van der Waals surface area contributed by atoms with Crippen LogP contribution in [0.25, 0.3) is 16.7 Å². The SMILES string of the molecule is Cc1c(CSc2nc3ccc(-n4ccc(O)c4)cc3[nH]2)[nH]ccc1=O. The highest BCUT2D eigenvalue weighted by atomic mass is 32.2. The van der Waals surface area contributed by atoms with Crippen molar-refractivity contribution in [3.8, 4) is 11.4 Å². The van der Waals surface area contributed by atoms with Gasteiger partial charge in [-0.05, 0) is 31.2 Å². The summed E-state index contributed by atoms with van der Waals surface area (Å²) in [4.78, 5) is 22.7.